The number of methoxy groups -OCH3 is 1. The first-order chi connectivity index (χ1) is 7.85. The van der Waals surface area contributed by atoms with Crippen molar-refractivity contribution in [1.29, 1.82) is 0 Å². The Hall–Kier alpha value is -1.58. The van der Waals surface area contributed by atoms with Crippen LogP contribution in [0.4, 0.5) is 0 Å². The fourth-order valence-electron chi connectivity index (χ4n) is 1.91. The van der Waals surface area contributed by atoms with Crippen LogP contribution in [-0.4, -0.2) is 48.8 Å². The van der Waals surface area contributed by atoms with Crippen LogP contribution in [0.1, 0.15) is 6.42 Å². The summed E-state index contributed by atoms with van der Waals surface area (Å²) in [5.41, 5.74) is 10.4. The van der Waals surface area contributed by atoms with E-state index in [2.05, 4.69) is 9.69 Å². The van der Waals surface area contributed by atoms with Gasteiger partial charge in [0.15, 0.2) is 0 Å². The number of hydrogen-bond donors (Lipinski definition) is 0. The standard InChI is InChI=1S/C11H15N3O2/c1-15-11-8-9(13-12)2-3-10(11)14-4-6-16-7-5-14/h3,8H,2,4-7H2,1H3. The van der Waals surface area contributed by atoms with Gasteiger partial charge in [-0.25, -0.2) is 0 Å². The molecular weight excluding hydrogens is 206 g/mol. The van der Waals surface area contributed by atoms with Gasteiger partial charge < -0.3 is 19.9 Å². The Morgan fingerprint density at radius 2 is 2.19 bits per heavy atom. The van der Waals surface area contributed by atoms with Crippen molar-refractivity contribution < 1.29 is 14.3 Å². The number of hydrogen-bond acceptors (Lipinski definition) is 3. The van der Waals surface area contributed by atoms with Gasteiger partial charge in [0.05, 0.1) is 38.5 Å². The van der Waals surface area contributed by atoms with Gasteiger partial charge in [-0.3, -0.25) is 0 Å². The van der Waals surface area contributed by atoms with Crippen molar-refractivity contribution in [2.45, 2.75) is 6.42 Å². The molecule has 2 aliphatic rings. The largest absolute Gasteiger partial charge is 0.494 e. The van der Waals surface area contributed by atoms with Crippen molar-refractivity contribution in [3.8, 4) is 0 Å². The lowest BCUT2D eigenvalue weighted by Gasteiger charge is -2.32. The molecule has 0 aromatic carbocycles. The molecule has 0 atom stereocenters. The van der Waals surface area contributed by atoms with E-state index in [0.29, 0.717) is 12.1 Å². The average Bonchev–Trinajstić information content (AvgIpc) is 2.39. The van der Waals surface area contributed by atoms with Gasteiger partial charge in [-0.1, -0.05) is 0 Å². The van der Waals surface area contributed by atoms with Gasteiger partial charge in [-0.15, -0.1) is 0 Å². The van der Waals surface area contributed by atoms with Gasteiger partial charge in [0.25, 0.3) is 5.71 Å². The molecule has 5 heteroatoms. The molecule has 1 heterocycles. The number of allylic oxidation sites excluding steroid dienone is 2. The molecule has 0 aromatic heterocycles. The van der Waals surface area contributed by atoms with E-state index in [4.69, 9.17) is 15.0 Å². The summed E-state index contributed by atoms with van der Waals surface area (Å²) in [6.07, 6.45) is 4.43. The van der Waals surface area contributed by atoms with Crippen molar-refractivity contribution in [2.24, 2.45) is 0 Å². The highest BCUT2D eigenvalue weighted by molar-refractivity contribution is 5.93. The van der Waals surface area contributed by atoms with E-state index in [-0.39, 0.29) is 0 Å². The van der Waals surface area contributed by atoms with E-state index in [9.17, 15) is 0 Å². The second-order valence-electron chi connectivity index (χ2n) is 3.70. The molecule has 0 unspecified atom stereocenters. The summed E-state index contributed by atoms with van der Waals surface area (Å²) >= 11 is 0. The molecule has 1 aliphatic carbocycles. The molecule has 16 heavy (non-hydrogen) atoms. The van der Waals surface area contributed by atoms with Crippen molar-refractivity contribution >= 4 is 5.71 Å². The minimum Gasteiger partial charge on any atom is -0.494 e. The van der Waals surface area contributed by atoms with Crippen LogP contribution >= 0.6 is 0 Å². The smallest absolute Gasteiger partial charge is 0.299 e. The lowest BCUT2D eigenvalue weighted by Crippen LogP contribution is -2.37. The quantitative estimate of drug-likeness (QED) is 0.512. The van der Waals surface area contributed by atoms with Gasteiger partial charge >= 0.3 is 0 Å². The minimum atomic E-state index is 0.619. The maximum absolute atomic E-state index is 8.73. The number of morpholine rings is 1. The Morgan fingerprint density at radius 1 is 1.44 bits per heavy atom. The Bertz CT molecular complexity index is 375. The van der Waals surface area contributed by atoms with Crippen LogP contribution in [-0.2, 0) is 9.47 Å². The predicted octanol–water partition coefficient (Wildman–Crippen LogP) is 0.807. The fraction of sp³-hybridized carbons (Fsp3) is 0.545. The van der Waals surface area contributed by atoms with Crippen LogP contribution < -0.4 is 0 Å². The van der Waals surface area contributed by atoms with E-state index >= 15 is 0 Å². The molecule has 1 fully saturated rings. The third kappa shape index (κ3) is 2.15. The summed E-state index contributed by atoms with van der Waals surface area (Å²) in [7, 11) is 1.63. The second kappa shape index (κ2) is 4.96. The van der Waals surface area contributed by atoms with Crippen LogP contribution in [0.2, 0.25) is 0 Å². The van der Waals surface area contributed by atoms with E-state index < -0.39 is 0 Å². The van der Waals surface area contributed by atoms with Crippen molar-refractivity contribution in [2.75, 3.05) is 33.4 Å². The van der Waals surface area contributed by atoms with Crippen LogP contribution in [0.15, 0.2) is 23.6 Å². The molecule has 2 rings (SSSR count). The highest BCUT2D eigenvalue weighted by atomic mass is 16.5. The first-order valence-electron chi connectivity index (χ1n) is 5.35. The summed E-state index contributed by atoms with van der Waals surface area (Å²) in [5.74, 6) is 0.751. The molecule has 0 bridgehead atoms. The summed E-state index contributed by atoms with van der Waals surface area (Å²) in [5, 5.41) is 0. The van der Waals surface area contributed by atoms with Crippen LogP contribution in [0.3, 0.4) is 0 Å². The third-order valence-corrected chi connectivity index (χ3v) is 2.75. The van der Waals surface area contributed by atoms with Gasteiger partial charge in [-0.05, 0) is 6.08 Å². The Morgan fingerprint density at radius 3 is 2.81 bits per heavy atom. The molecule has 0 amide bonds. The highest BCUT2D eigenvalue weighted by Crippen LogP contribution is 2.22. The first-order valence-corrected chi connectivity index (χ1v) is 5.35. The summed E-state index contributed by atoms with van der Waals surface area (Å²) in [4.78, 5) is 5.43. The molecule has 0 radical (unpaired) electrons. The zero-order valence-electron chi connectivity index (χ0n) is 9.35. The van der Waals surface area contributed by atoms with E-state index in [1.54, 1.807) is 13.2 Å². The molecular formula is C11H15N3O2. The Balaban J connectivity index is 2.17. The molecule has 0 saturated carbocycles. The lowest BCUT2D eigenvalue weighted by molar-refractivity contribution is -0.00604. The Labute approximate surface area is 94.6 Å². The van der Waals surface area contributed by atoms with Gasteiger partial charge in [0.2, 0.25) is 0 Å². The monoisotopic (exact) mass is 221 g/mol. The first kappa shape index (κ1) is 10.9. The minimum absolute atomic E-state index is 0.619. The molecule has 1 saturated heterocycles. The highest BCUT2D eigenvalue weighted by Gasteiger charge is 2.23. The lowest BCUT2D eigenvalue weighted by atomic mass is 10.1. The zero-order chi connectivity index (χ0) is 11.4. The van der Waals surface area contributed by atoms with Gasteiger partial charge in [-0.2, -0.15) is 4.79 Å². The van der Waals surface area contributed by atoms with E-state index in [1.165, 1.54) is 0 Å². The van der Waals surface area contributed by atoms with E-state index in [1.807, 2.05) is 6.08 Å². The molecule has 0 aromatic rings. The summed E-state index contributed by atoms with van der Waals surface area (Å²) < 4.78 is 10.6. The number of nitrogens with zero attached hydrogens (tertiary/aromatic N) is 3. The van der Waals surface area contributed by atoms with Crippen LogP contribution in [0.25, 0.3) is 5.53 Å². The summed E-state index contributed by atoms with van der Waals surface area (Å²) in [6, 6.07) is 0. The fourth-order valence-corrected chi connectivity index (χ4v) is 1.91. The topological polar surface area (TPSA) is 58.1 Å². The average molecular weight is 221 g/mol. The van der Waals surface area contributed by atoms with Gasteiger partial charge in [0, 0.05) is 13.1 Å². The molecule has 86 valence electrons. The maximum atomic E-state index is 8.73. The predicted molar refractivity (Wildman–Crippen MR) is 58.8 cm³/mol. The van der Waals surface area contributed by atoms with Crippen molar-refractivity contribution in [3.05, 3.63) is 29.1 Å². The zero-order valence-corrected chi connectivity index (χ0v) is 9.35. The van der Waals surface area contributed by atoms with Crippen LogP contribution in [0.5, 0.6) is 0 Å². The van der Waals surface area contributed by atoms with Crippen LogP contribution in [0, 0.1) is 0 Å². The maximum Gasteiger partial charge on any atom is 0.299 e. The van der Waals surface area contributed by atoms with Crippen molar-refractivity contribution in [1.82, 2.24) is 4.90 Å². The Kier molecular flexibility index (Phi) is 3.39. The SMILES string of the molecule is COC1=CC(=[N+]=[N-])CC=C1N1CCOCC1. The molecule has 0 N–H and O–H groups in total. The van der Waals surface area contributed by atoms with E-state index in [0.717, 1.165) is 37.8 Å². The number of ether oxygens (including phenoxy) is 2. The second-order valence-corrected chi connectivity index (χ2v) is 3.70. The summed E-state index contributed by atoms with van der Waals surface area (Å²) in [6.45, 7) is 3.24. The normalized spacial score (nSPS) is 21.1. The van der Waals surface area contributed by atoms with Crippen molar-refractivity contribution in [3.63, 3.8) is 0 Å². The third-order valence-electron chi connectivity index (χ3n) is 2.75. The molecule has 1 aliphatic heterocycles. The van der Waals surface area contributed by atoms with Gasteiger partial charge in [0.1, 0.15) is 5.76 Å². The number of rotatable bonds is 2. The molecule has 0 spiro atoms. The molecule has 5 nitrogen and oxygen atoms in total.